The van der Waals surface area contributed by atoms with Crippen molar-refractivity contribution in [3.63, 3.8) is 0 Å². The van der Waals surface area contributed by atoms with E-state index in [1.54, 1.807) is 17.0 Å². The first-order chi connectivity index (χ1) is 9.97. The van der Waals surface area contributed by atoms with E-state index in [9.17, 15) is 8.42 Å². The Kier molecular flexibility index (Phi) is 5.88. The Bertz CT molecular complexity index is 648. The summed E-state index contributed by atoms with van der Waals surface area (Å²) in [6.07, 6.45) is 0.606. The van der Waals surface area contributed by atoms with Crippen LogP contribution in [0.3, 0.4) is 0 Å². The molecule has 8 heteroatoms. The fourth-order valence-corrected chi connectivity index (χ4v) is 4.51. The van der Waals surface area contributed by atoms with E-state index in [2.05, 4.69) is 28.9 Å². The Morgan fingerprint density at radius 3 is 2.81 bits per heavy atom. The van der Waals surface area contributed by atoms with Crippen LogP contribution in [0.15, 0.2) is 27.2 Å². The molecule has 2 aromatic rings. The van der Waals surface area contributed by atoms with Crippen molar-refractivity contribution in [1.29, 1.82) is 0 Å². The Morgan fingerprint density at radius 1 is 1.33 bits per heavy atom. The normalized spacial score (nSPS) is 12.1. The molecule has 2 aromatic heterocycles. The minimum atomic E-state index is -3.42. The van der Waals surface area contributed by atoms with E-state index in [0.717, 1.165) is 10.6 Å². The van der Waals surface area contributed by atoms with Crippen molar-refractivity contribution in [2.75, 3.05) is 6.54 Å². The van der Waals surface area contributed by atoms with Crippen LogP contribution in [0, 0.1) is 0 Å². The zero-order chi connectivity index (χ0) is 15.3. The molecule has 0 amide bonds. The predicted molar refractivity (Wildman–Crippen MR) is 87.3 cm³/mol. The molecule has 0 saturated heterocycles. The first kappa shape index (κ1) is 16.6. The van der Waals surface area contributed by atoms with E-state index in [1.807, 2.05) is 5.38 Å². The number of aromatic nitrogens is 1. The molecule has 0 aliphatic rings. The van der Waals surface area contributed by atoms with E-state index in [0.29, 0.717) is 30.4 Å². The van der Waals surface area contributed by atoms with Gasteiger partial charge in [-0.1, -0.05) is 13.8 Å². The molecular formula is C13H19N3O2S3. The molecule has 0 bridgehead atoms. The summed E-state index contributed by atoms with van der Waals surface area (Å²) in [6.45, 7) is 5.18. The maximum Gasteiger partial charge on any atom is 0.241 e. The highest BCUT2D eigenvalue weighted by Gasteiger charge is 2.15. The first-order valence-corrected chi connectivity index (χ1v) is 9.95. The van der Waals surface area contributed by atoms with Gasteiger partial charge in [-0.3, -0.25) is 0 Å². The highest BCUT2D eigenvalue weighted by atomic mass is 32.2. The third kappa shape index (κ3) is 5.15. The van der Waals surface area contributed by atoms with Crippen LogP contribution in [0.2, 0.25) is 0 Å². The van der Waals surface area contributed by atoms with Crippen LogP contribution in [0.4, 0.5) is 0 Å². The van der Waals surface area contributed by atoms with Gasteiger partial charge in [0, 0.05) is 41.2 Å². The van der Waals surface area contributed by atoms with Crippen LogP contribution in [-0.2, 0) is 23.0 Å². The summed E-state index contributed by atoms with van der Waals surface area (Å²) >= 11 is 2.97. The minimum absolute atomic E-state index is 0.339. The van der Waals surface area contributed by atoms with Crippen molar-refractivity contribution in [1.82, 2.24) is 15.0 Å². The number of thiophene rings is 1. The zero-order valence-corrected chi connectivity index (χ0v) is 14.4. The molecule has 21 heavy (non-hydrogen) atoms. The molecule has 0 radical (unpaired) electrons. The van der Waals surface area contributed by atoms with Gasteiger partial charge < -0.3 is 5.32 Å². The smallest absolute Gasteiger partial charge is 0.241 e. The number of hydrogen-bond acceptors (Lipinski definition) is 6. The van der Waals surface area contributed by atoms with Gasteiger partial charge in [0.05, 0.1) is 16.1 Å². The second kappa shape index (κ2) is 7.46. The van der Waals surface area contributed by atoms with Crippen LogP contribution < -0.4 is 10.0 Å². The minimum Gasteiger partial charge on any atom is -0.310 e. The number of rotatable bonds is 8. The number of nitrogens with zero attached hydrogens (tertiary/aromatic N) is 1. The fraction of sp³-hybridized carbons (Fsp3) is 0.462. The Morgan fingerprint density at radius 2 is 2.14 bits per heavy atom. The molecule has 0 saturated carbocycles. The summed E-state index contributed by atoms with van der Waals surface area (Å²) in [7, 11) is -3.42. The lowest BCUT2D eigenvalue weighted by Crippen LogP contribution is -2.25. The van der Waals surface area contributed by atoms with Gasteiger partial charge in [0.2, 0.25) is 10.0 Å². The summed E-state index contributed by atoms with van der Waals surface area (Å²) in [4.78, 5) is 5.49. The van der Waals surface area contributed by atoms with Crippen LogP contribution in [0.5, 0.6) is 0 Å². The molecule has 0 unspecified atom stereocenters. The van der Waals surface area contributed by atoms with Gasteiger partial charge in [0.25, 0.3) is 0 Å². The molecule has 0 spiro atoms. The van der Waals surface area contributed by atoms with Gasteiger partial charge in [-0.15, -0.1) is 22.7 Å². The lowest BCUT2D eigenvalue weighted by molar-refractivity contribution is 0.581. The standard InChI is InChI=1S/C13H19N3O2S3/c1-10(2)14-6-12-5-13(8-20-12)21(17,18)16-4-3-11-7-19-9-15-11/h5,7-10,14,16H,3-4,6H2,1-2H3. The van der Waals surface area contributed by atoms with Crippen molar-refractivity contribution < 1.29 is 8.42 Å². The highest BCUT2D eigenvalue weighted by molar-refractivity contribution is 7.89. The first-order valence-electron chi connectivity index (χ1n) is 6.65. The lowest BCUT2D eigenvalue weighted by Gasteiger charge is -2.05. The SMILES string of the molecule is CC(C)NCc1cc(S(=O)(=O)NCCc2cscn2)cs1. The summed E-state index contributed by atoms with van der Waals surface area (Å²) in [5.41, 5.74) is 2.66. The predicted octanol–water partition coefficient (Wildman–Crippen LogP) is 2.22. The molecule has 5 nitrogen and oxygen atoms in total. The summed E-state index contributed by atoms with van der Waals surface area (Å²) < 4.78 is 27.0. The molecule has 0 aromatic carbocycles. The maximum atomic E-state index is 12.2. The van der Waals surface area contributed by atoms with Crippen molar-refractivity contribution in [3.8, 4) is 0 Å². The average Bonchev–Trinajstić information content (AvgIpc) is 3.07. The van der Waals surface area contributed by atoms with Crippen LogP contribution in [0.1, 0.15) is 24.4 Å². The molecule has 0 atom stereocenters. The van der Waals surface area contributed by atoms with Crippen molar-refractivity contribution >= 4 is 32.7 Å². The van der Waals surface area contributed by atoms with E-state index >= 15 is 0 Å². The van der Waals surface area contributed by atoms with Gasteiger partial charge >= 0.3 is 0 Å². The molecule has 0 aliphatic heterocycles. The Labute approximate surface area is 133 Å². The fourth-order valence-electron chi connectivity index (χ4n) is 1.66. The molecule has 0 aliphatic carbocycles. The quantitative estimate of drug-likeness (QED) is 0.770. The van der Waals surface area contributed by atoms with E-state index in [-0.39, 0.29) is 0 Å². The van der Waals surface area contributed by atoms with Crippen molar-refractivity contribution in [3.05, 3.63) is 32.9 Å². The Hall–Kier alpha value is -0.800. The second-order valence-corrected chi connectivity index (χ2v) is 8.39. The summed E-state index contributed by atoms with van der Waals surface area (Å²) in [5.74, 6) is 0. The number of sulfonamides is 1. The van der Waals surface area contributed by atoms with E-state index in [1.165, 1.54) is 22.7 Å². The second-order valence-electron chi connectivity index (χ2n) is 4.91. The lowest BCUT2D eigenvalue weighted by atomic mass is 10.3. The third-order valence-corrected chi connectivity index (χ3v) is 5.94. The molecule has 0 fully saturated rings. The van der Waals surface area contributed by atoms with Gasteiger partial charge in [0.1, 0.15) is 0 Å². The van der Waals surface area contributed by atoms with Crippen LogP contribution in [-0.4, -0.2) is 26.0 Å². The van der Waals surface area contributed by atoms with E-state index in [4.69, 9.17) is 0 Å². The molecule has 2 rings (SSSR count). The van der Waals surface area contributed by atoms with Crippen LogP contribution >= 0.6 is 22.7 Å². The maximum absolute atomic E-state index is 12.2. The monoisotopic (exact) mass is 345 g/mol. The molecular weight excluding hydrogens is 326 g/mol. The summed E-state index contributed by atoms with van der Waals surface area (Å²) in [6, 6.07) is 2.11. The molecule has 116 valence electrons. The average molecular weight is 346 g/mol. The molecule has 2 heterocycles. The van der Waals surface area contributed by atoms with Gasteiger partial charge in [0.15, 0.2) is 0 Å². The van der Waals surface area contributed by atoms with Crippen molar-refractivity contribution in [2.45, 2.75) is 37.8 Å². The Balaban J connectivity index is 1.89. The van der Waals surface area contributed by atoms with Gasteiger partial charge in [-0.05, 0) is 6.07 Å². The number of thiazole rings is 1. The zero-order valence-electron chi connectivity index (χ0n) is 12.0. The van der Waals surface area contributed by atoms with Gasteiger partial charge in [-0.2, -0.15) is 0 Å². The van der Waals surface area contributed by atoms with E-state index < -0.39 is 10.0 Å². The molecule has 2 N–H and O–H groups in total. The van der Waals surface area contributed by atoms with Gasteiger partial charge in [-0.25, -0.2) is 18.1 Å². The number of hydrogen-bond donors (Lipinski definition) is 2. The third-order valence-electron chi connectivity index (χ3n) is 2.78. The topological polar surface area (TPSA) is 71.1 Å². The summed E-state index contributed by atoms with van der Waals surface area (Å²) in [5, 5.41) is 6.88. The largest absolute Gasteiger partial charge is 0.310 e. The number of nitrogens with one attached hydrogen (secondary N) is 2. The highest BCUT2D eigenvalue weighted by Crippen LogP contribution is 2.19. The van der Waals surface area contributed by atoms with Crippen molar-refractivity contribution in [2.24, 2.45) is 0 Å². The van der Waals surface area contributed by atoms with Crippen LogP contribution in [0.25, 0.3) is 0 Å².